The smallest absolute Gasteiger partial charge is 0.198 e. The van der Waals surface area contributed by atoms with Crippen LogP contribution in [0.1, 0.15) is 5.56 Å². The third-order valence-corrected chi connectivity index (χ3v) is 2.83. The van der Waals surface area contributed by atoms with Crippen LogP contribution in [0.25, 0.3) is 16.9 Å². The summed E-state index contributed by atoms with van der Waals surface area (Å²) < 4.78 is 11.5. The van der Waals surface area contributed by atoms with E-state index < -0.39 is 0 Å². The minimum absolute atomic E-state index is 0.230. The second-order valence-corrected chi connectivity index (χ2v) is 3.87. The molecule has 0 spiro atoms. The number of hydrogen-bond donors (Lipinski definition) is 1. The van der Waals surface area contributed by atoms with Gasteiger partial charge in [0.2, 0.25) is 0 Å². The van der Waals surface area contributed by atoms with Crippen LogP contribution in [-0.4, -0.2) is 27.0 Å². The van der Waals surface area contributed by atoms with Crippen LogP contribution in [0.2, 0.25) is 0 Å². The van der Waals surface area contributed by atoms with Gasteiger partial charge in [0.1, 0.15) is 11.4 Å². The number of ether oxygens (including phenoxy) is 1. The van der Waals surface area contributed by atoms with E-state index in [1.807, 2.05) is 25.3 Å². The van der Waals surface area contributed by atoms with Gasteiger partial charge in [-0.15, -0.1) is 0 Å². The number of nitrogens with two attached hydrogens (primary N) is 1. The van der Waals surface area contributed by atoms with Crippen LogP contribution in [0.4, 0.5) is 5.82 Å². The van der Waals surface area contributed by atoms with Gasteiger partial charge in [0, 0.05) is 17.8 Å². The zero-order valence-electron chi connectivity index (χ0n) is 9.91. The monoisotopic (exact) mass is 245 g/mol. The quantitative estimate of drug-likeness (QED) is 0.731. The summed E-state index contributed by atoms with van der Waals surface area (Å²) >= 11 is 0. The molecule has 0 aliphatic rings. The maximum Gasteiger partial charge on any atom is 0.198 e. The molecule has 0 unspecified atom stereocenters. The summed E-state index contributed by atoms with van der Waals surface area (Å²) in [7, 11) is 1.62. The molecule has 18 heavy (non-hydrogen) atoms. The van der Waals surface area contributed by atoms with Gasteiger partial charge in [0.15, 0.2) is 11.5 Å². The molecule has 0 saturated heterocycles. The molecular weight excluding hydrogens is 234 g/mol. The van der Waals surface area contributed by atoms with E-state index in [0.717, 1.165) is 16.8 Å². The number of aryl methyl sites for hydroxylation is 1. The van der Waals surface area contributed by atoms with Gasteiger partial charge in [-0.1, -0.05) is 0 Å². The number of hydrogen-bond acceptors (Lipinski definition) is 6. The Morgan fingerprint density at radius 1 is 1.33 bits per heavy atom. The highest BCUT2D eigenvalue weighted by atomic mass is 16.6. The number of rotatable bonds is 2. The lowest BCUT2D eigenvalue weighted by Crippen LogP contribution is -1.91. The lowest BCUT2D eigenvalue weighted by atomic mass is 10.2. The van der Waals surface area contributed by atoms with Gasteiger partial charge < -0.3 is 10.5 Å². The maximum absolute atomic E-state index is 5.68. The normalized spacial score (nSPS) is 11.0. The summed E-state index contributed by atoms with van der Waals surface area (Å²) in [5.41, 5.74) is 8.65. The highest BCUT2D eigenvalue weighted by Crippen LogP contribution is 2.28. The number of pyridine rings is 1. The van der Waals surface area contributed by atoms with Gasteiger partial charge in [0.05, 0.1) is 12.6 Å². The summed E-state index contributed by atoms with van der Waals surface area (Å²) in [5, 5.41) is 11.7. The molecule has 3 aromatic heterocycles. The molecule has 0 aliphatic carbocycles. The van der Waals surface area contributed by atoms with Crippen LogP contribution < -0.4 is 10.5 Å². The first kappa shape index (κ1) is 10.6. The van der Waals surface area contributed by atoms with Crippen molar-refractivity contribution in [3.8, 4) is 17.1 Å². The van der Waals surface area contributed by atoms with Crippen LogP contribution in [0.3, 0.4) is 0 Å². The highest BCUT2D eigenvalue weighted by Gasteiger charge is 2.17. The molecule has 7 nitrogen and oxygen atoms in total. The van der Waals surface area contributed by atoms with E-state index in [9.17, 15) is 0 Å². The number of aromatic nitrogens is 4. The second kappa shape index (κ2) is 3.73. The first-order valence-corrected chi connectivity index (χ1v) is 5.32. The molecule has 3 heterocycles. The predicted octanol–water partition coefficient (Wildman–Crippen LogP) is 1.28. The fraction of sp³-hybridized carbons (Fsp3) is 0.182. The molecule has 0 saturated carbocycles. The van der Waals surface area contributed by atoms with E-state index in [0.29, 0.717) is 11.4 Å². The largest absolute Gasteiger partial charge is 0.497 e. The fourth-order valence-electron chi connectivity index (χ4n) is 1.86. The lowest BCUT2D eigenvalue weighted by molar-refractivity contribution is 0.310. The molecule has 0 fully saturated rings. The molecule has 0 radical (unpaired) electrons. The van der Waals surface area contributed by atoms with Crippen molar-refractivity contribution < 1.29 is 9.37 Å². The average molecular weight is 245 g/mol. The van der Waals surface area contributed by atoms with Crippen LogP contribution >= 0.6 is 0 Å². The molecule has 2 N–H and O–H groups in total. The van der Waals surface area contributed by atoms with Gasteiger partial charge in [-0.2, -0.15) is 5.10 Å². The van der Waals surface area contributed by atoms with E-state index in [1.165, 1.54) is 0 Å². The summed E-state index contributed by atoms with van der Waals surface area (Å²) in [4.78, 5) is 0. The topological polar surface area (TPSA) is 91.5 Å². The summed E-state index contributed by atoms with van der Waals surface area (Å²) in [6, 6.07) is 3.73. The van der Waals surface area contributed by atoms with E-state index >= 15 is 0 Å². The predicted molar refractivity (Wildman–Crippen MR) is 64.2 cm³/mol. The van der Waals surface area contributed by atoms with Crippen molar-refractivity contribution in [3.05, 3.63) is 23.9 Å². The molecule has 92 valence electrons. The van der Waals surface area contributed by atoms with Gasteiger partial charge in [0.25, 0.3) is 0 Å². The number of methoxy groups -OCH3 is 1. The van der Waals surface area contributed by atoms with Gasteiger partial charge in [-0.25, -0.2) is 9.14 Å². The Balaban J connectivity index is 2.26. The van der Waals surface area contributed by atoms with E-state index in [4.69, 9.17) is 10.5 Å². The lowest BCUT2D eigenvalue weighted by Gasteiger charge is -1.99. The summed E-state index contributed by atoms with van der Waals surface area (Å²) in [6.07, 6.45) is 1.81. The van der Waals surface area contributed by atoms with Gasteiger partial charge in [-0.05, 0) is 23.3 Å². The number of nitrogen functional groups attached to an aromatic ring is 1. The minimum Gasteiger partial charge on any atom is -0.497 e. The van der Waals surface area contributed by atoms with Gasteiger partial charge >= 0.3 is 0 Å². The van der Waals surface area contributed by atoms with Crippen LogP contribution in [0.15, 0.2) is 23.0 Å². The van der Waals surface area contributed by atoms with Crippen molar-refractivity contribution >= 4 is 11.3 Å². The van der Waals surface area contributed by atoms with Crippen molar-refractivity contribution in [3.63, 3.8) is 0 Å². The Labute approximate surface area is 102 Å². The number of nitrogens with zero attached hydrogens (tertiary/aromatic N) is 4. The second-order valence-electron chi connectivity index (χ2n) is 3.87. The Morgan fingerprint density at radius 2 is 2.17 bits per heavy atom. The van der Waals surface area contributed by atoms with E-state index in [2.05, 4.69) is 20.0 Å². The van der Waals surface area contributed by atoms with Crippen molar-refractivity contribution in [2.75, 3.05) is 12.8 Å². The standard InChI is InChI=1S/C11H11N5O2/c1-6-8-5-7(17-2)3-4-16(8)13-9(6)10-11(12)15-18-14-10/h3-5H,1-2H3,(H2,12,15). The average Bonchev–Trinajstić information content (AvgIpc) is 2.93. The molecule has 7 heteroatoms. The van der Waals surface area contributed by atoms with Crippen molar-refractivity contribution in [2.45, 2.75) is 6.92 Å². The molecule has 0 bridgehead atoms. The Morgan fingerprint density at radius 3 is 2.83 bits per heavy atom. The zero-order chi connectivity index (χ0) is 12.7. The Hall–Kier alpha value is -2.57. The molecule has 0 aromatic carbocycles. The Kier molecular flexibility index (Phi) is 2.19. The zero-order valence-corrected chi connectivity index (χ0v) is 9.91. The molecule has 3 aromatic rings. The van der Waals surface area contributed by atoms with Crippen molar-refractivity contribution in [2.24, 2.45) is 0 Å². The molecule has 0 atom stereocenters. The number of anilines is 1. The van der Waals surface area contributed by atoms with Crippen LogP contribution in [-0.2, 0) is 0 Å². The first-order valence-electron chi connectivity index (χ1n) is 5.32. The highest BCUT2D eigenvalue weighted by molar-refractivity contribution is 5.75. The van der Waals surface area contributed by atoms with Crippen molar-refractivity contribution in [1.82, 2.24) is 19.9 Å². The Bertz CT molecular complexity index is 715. The first-order chi connectivity index (χ1) is 8.70. The minimum atomic E-state index is 0.230. The molecule has 0 aliphatic heterocycles. The van der Waals surface area contributed by atoms with E-state index in [1.54, 1.807) is 11.6 Å². The summed E-state index contributed by atoms with van der Waals surface area (Å²) in [5.74, 6) is 0.997. The van der Waals surface area contributed by atoms with Crippen molar-refractivity contribution in [1.29, 1.82) is 0 Å². The summed E-state index contributed by atoms with van der Waals surface area (Å²) in [6.45, 7) is 1.94. The molecule has 3 rings (SSSR count). The van der Waals surface area contributed by atoms with Gasteiger partial charge in [-0.3, -0.25) is 0 Å². The third-order valence-electron chi connectivity index (χ3n) is 2.83. The van der Waals surface area contributed by atoms with Crippen LogP contribution in [0.5, 0.6) is 5.75 Å². The number of fused-ring (bicyclic) bond motifs is 1. The fourth-order valence-corrected chi connectivity index (χ4v) is 1.86. The van der Waals surface area contributed by atoms with E-state index in [-0.39, 0.29) is 5.82 Å². The van der Waals surface area contributed by atoms with Crippen LogP contribution in [0, 0.1) is 6.92 Å². The molecule has 0 amide bonds. The molecular formula is C11H11N5O2. The SMILES string of the molecule is COc1ccn2nc(-c3nonc3N)c(C)c2c1. The third kappa shape index (κ3) is 1.41. The maximum atomic E-state index is 5.68.